The van der Waals surface area contributed by atoms with Crippen molar-refractivity contribution in [3.05, 3.63) is 56.6 Å². The zero-order valence-electron chi connectivity index (χ0n) is 19.6. The van der Waals surface area contributed by atoms with E-state index in [-0.39, 0.29) is 11.7 Å². The van der Waals surface area contributed by atoms with E-state index < -0.39 is 0 Å². The minimum atomic E-state index is -0.135. The molecule has 0 saturated carbocycles. The van der Waals surface area contributed by atoms with Crippen molar-refractivity contribution in [1.29, 1.82) is 5.26 Å². The third kappa shape index (κ3) is 4.79. The van der Waals surface area contributed by atoms with Gasteiger partial charge < -0.3 is 9.88 Å². The number of nitrogens with zero attached hydrogens (tertiary/aromatic N) is 4. The Morgan fingerprint density at radius 1 is 1.20 bits per heavy atom. The number of aromatic nitrogens is 3. The van der Waals surface area contributed by atoms with Crippen LogP contribution < -0.4 is 5.32 Å². The Hall–Kier alpha value is -2.93. The number of amides is 1. The molecule has 5 rings (SSSR count). The van der Waals surface area contributed by atoms with Crippen molar-refractivity contribution in [2.75, 3.05) is 11.1 Å². The van der Waals surface area contributed by atoms with E-state index in [2.05, 4.69) is 46.0 Å². The van der Waals surface area contributed by atoms with Crippen LogP contribution in [0.25, 0.3) is 22.5 Å². The third-order valence-electron chi connectivity index (χ3n) is 6.23. The largest absolute Gasteiger partial charge is 0.316 e. The number of aryl methyl sites for hydroxylation is 2. The van der Waals surface area contributed by atoms with Crippen molar-refractivity contribution in [2.45, 2.75) is 44.2 Å². The molecule has 6 nitrogen and oxygen atoms in total. The molecular formula is C26H25N5OS3. The van der Waals surface area contributed by atoms with Crippen LogP contribution in [0.15, 0.2) is 40.9 Å². The summed E-state index contributed by atoms with van der Waals surface area (Å²) in [4.78, 5) is 15.3. The monoisotopic (exact) mass is 519 g/mol. The summed E-state index contributed by atoms with van der Waals surface area (Å²) in [7, 11) is 1.93. The van der Waals surface area contributed by atoms with Crippen LogP contribution in [0.3, 0.4) is 0 Å². The molecule has 3 heterocycles. The molecule has 3 aromatic heterocycles. The standard InChI is InChI=1S/C26H25N5OS3/c1-16-23(17-9-5-3-6-10-17)20(14-33-16)24-29-30-26(31(24)2)34-15-22(32)28-25-19(13-27)18-11-7-4-8-12-21(18)35-25/h3,5-6,9-10,14H,4,7-8,11-12,15H2,1-2H3,(H,28,32). The number of anilines is 1. The molecule has 1 aliphatic carbocycles. The predicted octanol–water partition coefficient (Wildman–Crippen LogP) is 6.45. The van der Waals surface area contributed by atoms with E-state index in [1.807, 2.05) is 29.8 Å². The lowest BCUT2D eigenvalue weighted by Gasteiger charge is -2.07. The van der Waals surface area contributed by atoms with E-state index in [9.17, 15) is 10.1 Å². The molecule has 35 heavy (non-hydrogen) atoms. The number of hydrogen-bond donors (Lipinski definition) is 1. The number of rotatable bonds is 6. The zero-order valence-corrected chi connectivity index (χ0v) is 22.1. The number of thiophene rings is 2. The van der Waals surface area contributed by atoms with Crippen molar-refractivity contribution in [3.63, 3.8) is 0 Å². The second kappa shape index (κ2) is 10.4. The second-order valence-electron chi connectivity index (χ2n) is 8.53. The first-order chi connectivity index (χ1) is 17.1. The summed E-state index contributed by atoms with van der Waals surface area (Å²) in [6.07, 6.45) is 5.36. The van der Waals surface area contributed by atoms with Crippen LogP contribution in [0.4, 0.5) is 5.00 Å². The fourth-order valence-electron chi connectivity index (χ4n) is 4.50. The van der Waals surface area contributed by atoms with Crippen molar-refractivity contribution in [3.8, 4) is 28.6 Å². The summed E-state index contributed by atoms with van der Waals surface area (Å²) >= 11 is 4.61. The Bertz CT molecular complexity index is 1410. The van der Waals surface area contributed by atoms with Gasteiger partial charge >= 0.3 is 0 Å². The van der Waals surface area contributed by atoms with Gasteiger partial charge in [0.1, 0.15) is 11.1 Å². The number of thioether (sulfide) groups is 1. The lowest BCUT2D eigenvalue weighted by Crippen LogP contribution is -2.14. The Balaban J connectivity index is 1.31. The SMILES string of the molecule is Cc1scc(-c2nnc(SCC(=O)Nc3sc4c(c3C#N)CCCCC4)n2C)c1-c1ccccc1. The van der Waals surface area contributed by atoms with Gasteiger partial charge in [-0.05, 0) is 43.7 Å². The van der Waals surface area contributed by atoms with E-state index >= 15 is 0 Å². The van der Waals surface area contributed by atoms with Gasteiger partial charge in [0, 0.05) is 33.3 Å². The van der Waals surface area contributed by atoms with E-state index in [1.54, 1.807) is 22.7 Å². The van der Waals surface area contributed by atoms with E-state index in [0.29, 0.717) is 15.7 Å². The molecule has 9 heteroatoms. The highest BCUT2D eigenvalue weighted by Gasteiger charge is 2.22. The third-order valence-corrected chi connectivity index (χ3v) is 9.37. The molecule has 178 valence electrons. The molecule has 0 atom stereocenters. The number of nitrogens with one attached hydrogen (secondary N) is 1. The molecular weight excluding hydrogens is 495 g/mol. The van der Waals surface area contributed by atoms with Gasteiger partial charge in [-0.3, -0.25) is 4.79 Å². The van der Waals surface area contributed by atoms with Gasteiger partial charge in [0.15, 0.2) is 11.0 Å². The minimum absolute atomic E-state index is 0.135. The van der Waals surface area contributed by atoms with Crippen LogP contribution in [0, 0.1) is 18.3 Å². The van der Waals surface area contributed by atoms with Gasteiger partial charge in [0.25, 0.3) is 0 Å². The van der Waals surface area contributed by atoms with E-state index in [4.69, 9.17) is 0 Å². The summed E-state index contributed by atoms with van der Waals surface area (Å²) in [6.45, 7) is 2.12. The lowest BCUT2D eigenvalue weighted by atomic mass is 10.0. The lowest BCUT2D eigenvalue weighted by molar-refractivity contribution is -0.113. The molecule has 0 aliphatic heterocycles. The maximum absolute atomic E-state index is 12.8. The summed E-state index contributed by atoms with van der Waals surface area (Å²) in [6, 6.07) is 12.6. The molecule has 1 N–H and O–H groups in total. The fraction of sp³-hybridized carbons (Fsp3) is 0.308. The van der Waals surface area contributed by atoms with E-state index in [1.165, 1.54) is 33.5 Å². The van der Waals surface area contributed by atoms with Crippen LogP contribution in [-0.4, -0.2) is 26.4 Å². The van der Waals surface area contributed by atoms with Crippen LogP contribution in [0.1, 0.15) is 40.1 Å². The van der Waals surface area contributed by atoms with Gasteiger partial charge in [-0.1, -0.05) is 48.5 Å². The first-order valence-electron chi connectivity index (χ1n) is 11.6. The highest BCUT2D eigenvalue weighted by molar-refractivity contribution is 7.99. The number of carbonyl (C=O) groups excluding carboxylic acids is 1. The molecule has 0 saturated heterocycles. The molecule has 1 amide bonds. The average Bonchev–Trinajstić information content (AvgIpc) is 3.46. The van der Waals surface area contributed by atoms with Gasteiger partial charge in [-0.25, -0.2) is 0 Å². The second-order valence-corrected chi connectivity index (χ2v) is 11.7. The van der Waals surface area contributed by atoms with Gasteiger partial charge in [0.05, 0.1) is 11.3 Å². The highest BCUT2D eigenvalue weighted by atomic mass is 32.2. The quantitative estimate of drug-likeness (QED) is 0.234. The Morgan fingerprint density at radius 3 is 2.80 bits per heavy atom. The van der Waals surface area contributed by atoms with Crippen molar-refractivity contribution in [2.24, 2.45) is 7.05 Å². The molecule has 0 radical (unpaired) electrons. The normalized spacial score (nSPS) is 13.2. The van der Waals surface area contributed by atoms with Gasteiger partial charge in [0.2, 0.25) is 5.91 Å². The number of hydrogen-bond acceptors (Lipinski definition) is 7. The number of carbonyl (C=O) groups is 1. The number of benzene rings is 1. The van der Waals surface area contributed by atoms with Gasteiger partial charge in [-0.15, -0.1) is 32.9 Å². The molecule has 4 aromatic rings. The fourth-order valence-corrected chi connectivity index (χ4v) is 7.33. The molecule has 1 aromatic carbocycles. The molecule has 0 spiro atoms. The first-order valence-corrected chi connectivity index (χ1v) is 14.3. The number of fused-ring (bicyclic) bond motifs is 1. The maximum atomic E-state index is 12.8. The zero-order chi connectivity index (χ0) is 24.4. The molecule has 0 bridgehead atoms. The summed E-state index contributed by atoms with van der Waals surface area (Å²) in [5, 5.41) is 25.0. The Morgan fingerprint density at radius 2 is 2.00 bits per heavy atom. The van der Waals surface area contributed by atoms with Crippen molar-refractivity contribution in [1.82, 2.24) is 14.8 Å². The van der Waals surface area contributed by atoms with Gasteiger partial charge in [-0.2, -0.15) is 5.26 Å². The minimum Gasteiger partial charge on any atom is -0.316 e. The smallest absolute Gasteiger partial charge is 0.235 e. The average molecular weight is 520 g/mol. The first kappa shape index (κ1) is 23.8. The highest BCUT2D eigenvalue weighted by Crippen LogP contribution is 2.39. The van der Waals surface area contributed by atoms with Crippen LogP contribution in [-0.2, 0) is 24.7 Å². The summed E-state index contributed by atoms with van der Waals surface area (Å²) < 4.78 is 1.94. The van der Waals surface area contributed by atoms with E-state index in [0.717, 1.165) is 48.2 Å². The van der Waals surface area contributed by atoms with Crippen molar-refractivity contribution >= 4 is 45.3 Å². The summed E-state index contributed by atoms with van der Waals surface area (Å²) in [5.41, 5.74) is 5.15. The van der Waals surface area contributed by atoms with Crippen LogP contribution in [0.2, 0.25) is 0 Å². The topological polar surface area (TPSA) is 83.6 Å². The van der Waals surface area contributed by atoms with Crippen LogP contribution in [0.5, 0.6) is 0 Å². The maximum Gasteiger partial charge on any atom is 0.235 e. The molecule has 1 aliphatic rings. The van der Waals surface area contributed by atoms with Crippen LogP contribution >= 0.6 is 34.4 Å². The Kier molecular flexibility index (Phi) is 7.04. The molecule has 0 unspecified atom stereocenters. The predicted molar refractivity (Wildman–Crippen MR) is 144 cm³/mol. The van der Waals surface area contributed by atoms with Crippen molar-refractivity contribution < 1.29 is 4.79 Å². The number of nitriles is 1. The Labute approximate surface area is 217 Å². The summed E-state index contributed by atoms with van der Waals surface area (Å²) in [5.74, 6) is 0.849. The molecule has 0 fully saturated rings.